The van der Waals surface area contributed by atoms with Crippen LogP contribution in [0.3, 0.4) is 0 Å². The Morgan fingerprint density at radius 3 is 2.67 bits per heavy atom. The van der Waals surface area contributed by atoms with Gasteiger partial charge in [-0.2, -0.15) is 5.10 Å². The zero-order valence-corrected chi connectivity index (χ0v) is 12.1. The van der Waals surface area contributed by atoms with Crippen LogP contribution in [-0.2, 0) is 4.79 Å². The molecule has 1 unspecified atom stereocenters. The van der Waals surface area contributed by atoms with E-state index in [2.05, 4.69) is 15.4 Å². The van der Waals surface area contributed by atoms with E-state index in [4.69, 9.17) is 0 Å². The Bertz CT molecular complexity index is 667. The molecule has 0 aliphatic heterocycles. The molecule has 1 amide bonds. The predicted molar refractivity (Wildman–Crippen MR) is 79.7 cm³/mol. The molecule has 6 nitrogen and oxygen atoms in total. The molecule has 0 aromatic carbocycles. The third kappa shape index (κ3) is 3.53. The highest BCUT2D eigenvalue weighted by molar-refractivity contribution is 5.79. The zero-order chi connectivity index (χ0) is 15.2. The number of pyridine rings is 1. The molecule has 0 aliphatic rings. The van der Waals surface area contributed by atoms with Gasteiger partial charge in [-0.3, -0.25) is 14.6 Å². The van der Waals surface area contributed by atoms with Crippen molar-refractivity contribution in [2.75, 3.05) is 6.54 Å². The van der Waals surface area contributed by atoms with Crippen molar-refractivity contribution in [3.63, 3.8) is 0 Å². The van der Waals surface area contributed by atoms with E-state index in [1.165, 1.54) is 10.7 Å². The van der Waals surface area contributed by atoms with Crippen LogP contribution in [-0.4, -0.2) is 27.2 Å². The number of hydrogen-bond donors (Lipinski definition) is 1. The van der Waals surface area contributed by atoms with E-state index in [0.717, 1.165) is 12.0 Å². The standard InChI is InChI=1S/C15H18N4O2/c1-3-8-17-15(21)11(2)19-14(20)5-4-13(18-19)12-6-9-16-10-7-12/h4-7,9-11H,3,8H2,1-2H3,(H,17,21). The smallest absolute Gasteiger partial charge is 0.267 e. The Morgan fingerprint density at radius 1 is 1.29 bits per heavy atom. The van der Waals surface area contributed by atoms with Gasteiger partial charge in [0.1, 0.15) is 6.04 Å². The lowest BCUT2D eigenvalue weighted by molar-refractivity contribution is -0.124. The molecule has 110 valence electrons. The van der Waals surface area contributed by atoms with Crippen LogP contribution in [0.5, 0.6) is 0 Å². The number of carbonyl (C=O) groups excluding carboxylic acids is 1. The molecule has 2 aromatic rings. The maximum atomic E-state index is 12.0. The van der Waals surface area contributed by atoms with E-state index in [1.807, 2.05) is 6.92 Å². The van der Waals surface area contributed by atoms with Gasteiger partial charge in [-0.15, -0.1) is 0 Å². The van der Waals surface area contributed by atoms with E-state index < -0.39 is 6.04 Å². The van der Waals surface area contributed by atoms with Crippen molar-refractivity contribution >= 4 is 5.91 Å². The molecule has 0 bridgehead atoms. The molecule has 6 heteroatoms. The second-order valence-electron chi connectivity index (χ2n) is 4.70. The van der Waals surface area contributed by atoms with Crippen LogP contribution in [0.2, 0.25) is 0 Å². The number of carbonyl (C=O) groups is 1. The minimum absolute atomic E-state index is 0.210. The summed E-state index contributed by atoms with van der Waals surface area (Å²) >= 11 is 0. The fourth-order valence-corrected chi connectivity index (χ4v) is 1.89. The summed E-state index contributed by atoms with van der Waals surface area (Å²) in [5.74, 6) is -0.210. The molecule has 0 radical (unpaired) electrons. The van der Waals surface area contributed by atoms with Gasteiger partial charge in [0.25, 0.3) is 5.56 Å². The molecule has 2 rings (SSSR count). The van der Waals surface area contributed by atoms with Crippen LogP contribution in [0.1, 0.15) is 26.3 Å². The molecule has 0 saturated carbocycles. The van der Waals surface area contributed by atoms with Crippen LogP contribution in [0, 0.1) is 0 Å². The summed E-state index contributed by atoms with van der Waals surface area (Å²) in [7, 11) is 0. The molecule has 0 aliphatic carbocycles. The lowest BCUT2D eigenvalue weighted by atomic mass is 10.2. The predicted octanol–water partition coefficient (Wildman–Crippen LogP) is 1.39. The third-order valence-corrected chi connectivity index (χ3v) is 3.10. The van der Waals surface area contributed by atoms with Crippen molar-refractivity contribution in [2.24, 2.45) is 0 Å². The minimum atomic E-state index is -0.647. The van der Waals surface area contributed by atoms with E-state index in [-0.39, 0.29) is 11.5 Å². The van der Waals surface area contributed by atoms with Crippen molar-refractivity contribution in [3.8, 4) is 11.3 Å². The van der Waals surface area contributed by atoms with Gasteiger partial charge in [0, 0.05) is 30.6 Å². The van der Waals surface area contributed by atoms with Crippen LogP contribution in [0.25, 0.3) is 11.3 Å². The van der Waals surface area contributed by atoms with Gasteiger partial charge in [-0.05, 0) is 31.5 Å². The highest BCUT2D eigenvalue weighted by Crippen LogP contribution is 2.14. The van der Waals surface area contributed by atoms with Crippen LogP contribution in [0.15, 0.2) is 41.5 Å². The summed E-state index contributed by atoms with van der Waals surface area (Å²) in [6, 6.07) is 6.03. The minimum Gasteiger partial charge on any atom is -0.354 e. The number of rotatable bonds is 5. The molecule has 0 saturated heterocycles. The van der Waals surface area contributed by atoms with Gasteiger partial charge >= 0.3 is 0 Å². The van der Waals surface area contributed by atoms with E-state index in [0.29, 0.717) is 12.2 Å². The zero-order valence-electron chi connectivity index (χ0n) is 12.1. The molecular weight excluding hydrogens is 268 g/mol. The van der Waals surface area contributed by atoms with Gasteiger partial charge in [0.05, 0.1) is 5.69 Å². The van der Waals surface area contributed by atoms with Gasteiger partial charge in [-0.1, -0.05) is 6.92 Å². The summed E-state index contributed by atoms with van der Waals surface area (Å²) < 4.78 is 1.21. The lowest BCUT2D eigenvalue weighted by Gasteiger charge is -2.14. The van der Waals surface area contributed by atoms with Crippen LogP contribution < -0.4 is 10.9 Å². The van der Waals surface area contributed by atoms with Crippen molar-refractivity contribution in [1.29, 1.82) is 0 Å². The normalized spacial score (nSPS) is 11.9. The number of aromatic nitrogens is 3. The van der Waals surface area contributed by atoms with Gasteiger partial charge in [0.15, 0.2) is 0 Å². The summed E-state index contributed by atoms with van der Waals surface area (Å²) in [6.45, 7) is 4.22. The average molecular weight is 286 g/mol. The molecular formula is C15H18N4O2. The van der Waals surface area contributed by atoms with Gasteiger partial charge < -0.3 is 5.32 Å². The molecule has 0 fully saturated rings. The number of nitrogens with zero attached hydrogens (tertiary/aromatic N) is 3. The molecule has 1 N–H and O–H groups in total. The summed E-state index contributed by atoms with van der Waals surface area (Å²) in [6.07, 6.45) is 4.16. The maximum Gasteiger partial charge on any atom is 0.267 e. The fourth-order valence-electron chi connectivity index (χ4n) is 1.89. The number of hydrogen-bond acceptors (Lipinski definition) is 4. The first-order chi connectivity index (χ1) is 10.1. The fraction of sp³-hybridized carbons (Fsp3) is 0.333. The quantitative estimate of drug-likeness (QED) is 0.901. The first kappa shape index (κ1) is 14.9. The molecule has 21 heavy (non-hydrogen) atoms. The second kappa shape index (κ2) is 6.78. The van der Waals surface area contributed by atoms with Crippen LogP contribution in [0.4, 0.5) is 0 Å². The summed E-state index contributed by atoms with van der Waals surface area (Å²) in [5.41, 5.74) is 1.18. The highest BCUT2D eigenvalue weighted by Gasteiger charge is 2.17. The van der Waals surface area contributed by atoms with Gasteiger partial charge in [0.2, 0.25) is 5.91 Å². The molecule has 2 heterocycles. The largest absolute Gasteiger partial charge is 0.354 e. The van der Waals surface area contributed by atoms with Crippen molar-refractivity contribution in [1.82, 2.24) is 20.1 Å². The Kier molecular flexibility index (Phi) is 4.81. The average Bonchev–Trinajstić information content (AvgIpc) is 2.53. The van der Waals surface area contributed by atoms with Crippen LogP contribution >= 0.6 is 0 Å². The molecule has 0 spiro atoms. The van der Waals surface area contributed by atoms with Gasteiger partial charge in [-0.25, -0.2) is 4.68 Å². The second-order valence-corrected chi connectivity index (χ2v) is 4.70. The third-order valence-electron chi connectivity index (χ3n) is 3.10. The first-order valence-electron chi connectivity index (χ1n) is 6.91. The van der Waals surface area contributed by atoms with E-state index in [9.17, 15) is 9.59 Å². The Hall–Kier alpha value is -2.50. The Labute approximate surface area is 122 Å². The maximum absolute atomic E-state index is 12.0. The lowest BCUT2D eigenvalue weighted by Crippen LogP contribution is -2.37. The SMILES string of the molecule is CCCNC(=O)C(C)n1nc(-c2ccncc2)ccc1=O. The van der Waals surface area contributed by atoms with Crippen molar-refractivity contribution in [3.05, 3.63) is 47.0 Å². The molecule has 1 atom stereocenters. The Morgan fingerprint density at radius 2 is 2.00 bits per heavy atom. The van der Waals surface area contributed by atoms with E-state index >= 15 is 0 Å². The van der Waals surface area contributed by atoms with Crippen molar-refractivity contribution < 1.29 is 4.79 Å². The molecule has 2 aromatic heterocycles. The van der Waals surface area contributed by atoms with Crippen molar-refractivity contribution in [2.45, 2.75) is 26.3 Å². The summed E-state index contributed by atoms with van der Waals surface area (Å²) in [5, 5.41) is 7.06. The Balaban J connectivity index is 2.32. The number of amides is 1. The monoisotopic (exact) mass is 286 g/mol. The van der Waals surface area contributed by atoms with E-state index in [1.54, 1.807) is 37.5 Å². The number of nitrogens with one attached hydrogen (secondary N) is 1. The summed E-state index contributed by atoms with van der Waals surface area (Å²) in [4.78, 5) is 27.9. The highest BCUT2D eigenvalue weighted by atomic mass is 16.2. The topological polar surface area (TPSA) is 76.9 Å². The first-order valence-corrected chi connectivity index (χ1v) is 6.91.